The fourth-order valence-electron chi connectivity index (χ4n) is 0.958. The lowest BCUT2D eigenvalue weighted by Crippen LogP contribution is -2.03. The number of halogens is 3. The summed E-state index contributed by atoms with van der Waals surface area (Å²) in [6.45, 7) is -0.0534. The van der Waals surface area contributed by atoms with Crippen LogP contribution in [0.5, 0.6) is 5.75 Å². The third-order valence-corrected chi connectivity index (χ3v) is 1.89. The predicted octanol–water partition coefficient (Wildman–Crippen LogP) is 2.09. The van der Waals surface area contributed by atoms with Crippen molar-refractivity contribution in [2.75, 3.05) is 7.11 Å². The zero-order valence-corrected chi connectivity index (χ0v) is 7.66. The molecule has 5 heteroatoms. The minimum Gasteiger partial charge on any atom is -0.491 e. The van der Waals surface area contributed by atoms with Gasteiger partial charge >= 0.3 is 0 Å². The van der Waals surface area contributed by atoms with Crippen molar-refractivity contribution in [1.82, 2.24) is 0 Å². The topological polar surface area (TPSA) is 35.2 Å². The first-order chi connectivity index (χ1) is 6.11. The second-order valence-corrected chi connectivity index (χ2v) is 2.79. The maximum Gasteiger partial charge on any atom is 0.192 e. The maximum absolute atomic E-state index is 13.2. The van der Waals surface area contributed by atoms with Gasteiger partial charge in [0, 0.05) is 12.1 Å². The largest absolute Gasteiger partial charge is 0.491 e. The second kappa shape index (κ2) is 3.89. The molecule has 0 radical (unpaired) electrons. The highest BCUT2D eigenvalue weighted by Crippen LogP contribution is 2.30. The van der Waals surface area contributed by atoms with Crippen LogP contribution in [0.25, 0.3) is 0 Å². The van der Waals surface area contributed by atoms with E-state index in [-0.39, 0.29) is 17.1 Å². The normalized spacial score (nSPS) is 10.2. The Morgan fingerprint density at radius 3 is 2.54 bits per heavy atom. The smallest absolute Gasteiger partial charge is 0.192 e. The molecule has 0 spiro atoms. The van der Waals surface area contributed by atoms with Crippen molar-refractivity contribution < 1.29 is 13.5 Å². The number of hydrogen-bond acceptors (Lipinski definition) is 2. The third-order valence-electron chi connectivity index (χ3n) is 1.62. The van der Waals surface area contributed by atoms with Crippen LogP contribution >= 0.6 is 11.6 Å². The van der Waals surface area contributed by atoms with Crippen LogP contribution < -0.4 is 10.5 Å². The predicted molar refractivity (Wildman–Crippen MR) is 45.8 cm³/mol. The number of hydrogen-bond donors (Lipinski definition) is 1. The summed E-state index contributed by atoms with van der Waals surface area (Å²) in [4.78, 5) is 0. The minimum absolute atomic E-state index is 0.0534. The van der Waals surface area contributed by atoms with E-state index in [1.54, 1.807) is 0 Å². The maximum atomic E-state index is 13.2. The summed E-state index contributed by atoms with van der Waals surface area (Å²) in [7, 11) is 1.16. The molecule has 1 aromatic rings. The first-order valence-corrected chi connectivity index (χ1v) is 3.90. The highest BCUT2D eigenvalue weighted by molar-refractivity contribution is 6.31. The van der Waals surface area contributed by atoms with Gasteiger partial charge in [-0.1, -0.05) is 11.6 Å². The number of nitrogens with two attached hydrogens (primary N) is 1. The molecule has 72 valence electrons. The van der Waals surface area contributed by atoms with Gasteiger partial charge in [-0.25, -0.2) is 8.78 Å². The summed E-state index contributed by atoms with van der Waals surface area (Å²) in [6, 6.07) is 1.15. The molecule has 0 bridgehead atoms. The molecular weight excluding hydrogens is 200 g/mol. The van der Waals surface area contributed by atoms with Crippen LogP contribution in [-0.2, 0) is 6.54 Å². The summed E-state index contributed by atoms with van der Waals surface area (Å²) in [5.74, 6) is -2.20. The molecule has 0 fully saturated rings. The van der Waals surface area contributed by atoms with Crippen molar-refractivity contribution in [3.05, 3.63) is 28.3 Å². The van der Waals surface area contributed by atoms with Gasteiger partial charge in [0.2, 0.25) is 0 Å². The van der Waals surface area contributed by atoms with Crippen molar-refractivity contribution in [2.24, 2.45) is 5.73 Å². The Morgan fingerprint density at radius 1 is 1.46 bits per heavy atom. The van der Waals surface area contributed by atoms with Crippen molar-refractivity contribution in [3.8, 4) is 5.75 Å². The van der Waals surface area contributed by atoms with Gasteiger partial charge in [-0.15, -0.1) is 0 Å². The SMILES string of the molecule is COc1c(F)c(Cl)cc(CN)c1F. The van der Waals surface area contributed by atoms with E-state index in [4.69, 9.17) is 17.3 Å². The number of methoxy groups -OCH3 is 1. The Hall–Kier alpha value is -0.870. The summed E-state index contributed by atoms with van der Waals surface area (Å²) in [6.07, 6.45) is 0. The number of benzene rings is 1. The fourth-order valence-corrected chi connectivity index (χ4v) is 1.18. The van der Waals surface area contributed by atoms with Crippen molar-refractivity contribution in [2.45, 2.75) is 6.54 Å². The second-order valence-electron chi connectivity index (χ2n) is 2.38. The van der Waals surface area contributed by atoms with Crippen LogP contribution in [-0.4, -0.2) is 7.11 Å². The molecule has 0 unspecified atom stereocenters. The van der Waals surface area contributed by atoms with Gasteiger partial charge in [-0.2, -0.15) is 0 Å². The van der Waals surface area contributed by atoms with Gasteiger partial charge < -0.3 is 10.5 Å². The Bertz CT molecular complexity index is 330. The van der Waals surface area contributed by atoms with E-state index in [0.717, 1.165) is 13.2 Å². The van der Waals surface area contributed by atoms with Crippen LogP contribution in [0.2, 0.25) is 5.02 Å². The molecule has 1 rings (SSSR count). The number of rotatable bonds is 2. The van der Waals surface area contributed by atoms with E-state index in [1.165, 1.54) is 0 Å². The van der Waals surface area contributed by atoms with Gasteiger partial charge in [0.15, 0.2) is 17.4 Å². The first-order valence-electron chi connectivity index (χ1n) is 3.52. The lowest BCUT2D eigenvalue weighted by atomic mass is 10.2. The molecule has 0 saturated carbocycles. The van der Waals surface area contributed by atoms with E-state index in [1.807, 2.05) is 0 Å². The average Bonchev–Trinajstić information content (AvgIpc) is 2.12. The van der Waals surface area contributed by atoms with Crippen molar-refractivity contribution >= 4 is 11.6 Å². The molecule has 2 nitrogen and oxygen atoms in total. The summed E-state index contributed by atoms with van der Waals surface area (Å²) >= 11 is 5.47. The standard InChI is InChI=1S/C8H8ClF2NO/c1-13-8-6(10)4(3-12)2-5(9)7(8)11/h2H,3,12H2,1H3. The van der Waals surface area contributed by atoms with Gasteiger partial charge in [-0.3, -0.25) is 0 Å². The Balaban J connectivity index is 3.39. The molecular formula is C8H8ClF2NO. The van der Waals surface area contributed by atoms with Crippen LogP contribution in [0.15, 0.2) is 6.07 Å². The van der Waals surface area contributed by atoms with Gasteiger partial charge in [0.1, 0.15) is 0 Å². The average molecular weight is 208 g/mol. The highest BCUT2D eigenvalue weighted by Gasteiger charge is 2.17. The molecule has 13 heavy (non-hydrogen) atoms. The van der Waals surface area contributed by atoms with Gasteiger partial charge in [0.05, 0.1) is 12.1 Å². The highest BCUT2D eigenvalue weighted by atomic mass is 35.5. The molecule has 0 heterocycles. The zero-order valence-electron chi connectivity index (χ0n) is 6.90. The molecule has 0 aliphatic carbocycles. The van der Waals surface area contributed by atoms with E-state index in [2.05, 4.69) is 4.74 Å². The minimum atomic E-state index is -0.904. The van der Waals surface area contributed by atoms with Gasteiger partial charge in [-0.05, 0) is 6.07 Å². The molecule has 0 atom stereocenters. The summed E-state index contributed by atoms with van der Waals surface area (Å²) in [5, 5.41) is -0.196. The van der Waals surface area contributed by atoms with Crippen LogP contribution in [0.4, 0.5) is 8.78 Å². The number of ether oxygens (including phenoxy) is 1. The van der Waals surface area contributed by atoms with Crippen molar-refractivity contribution in [1.29, 1.82) is 0 Å². The lowest BCUT2D eigenvalue weighted by Gasteiger charge is -2.08. The van der Waals surface area contributed by atoms with E-state index in [0.29, 0.717) is 0 Å². The molecule has 0 aliphatic heterocycles. The van der Waals surface area contributed by atoms with Crippen LogP contribution in [0.1, 0.15) is 5.56 Å². The van der Waals surface area contributed by atoms with E-state index < -0.39 is 17.4 Å². The quantitative estimate of drug-likeness (QED) is 0.754. The monoisotopic (exact) mass is 207 g/mol. The fraction of sp³-hybridized carbons (Fsp3) is 0.250. The van der Waals surface area contributed by atoms with E-state index >= 15 is 0 Å². The Labute approximate surface area is 79.2 Å². The Kier molecular flexibility index (Phi) is 3.06. The molecule has 0 aromatic heterocycles. The van der Waals surface area contributed by atoms with Crippen LogP contribution in [0.3, 0.4) is 0 Å². The lowest BCUT2D eigenvalue weighted by molar-refractivity contribution is 0.358. The van der Waals surface area contributed by atoms with E-state index in [9.17, 15) is 8.78 Å². The Morgan fingerprint density at radius 2 is 2.08 bits per heavy atom. The third kappa shape index (κ3) is 1.73. The molecule has 0 aliphatic rings. The molecule has 1 aromatic carbocycles. The summed E-state index contributed by atoms with van der Waals surface area (Å²) < 4.78 is 30.8. The zero-order chi connectivity index (χ0) is 10.0. The summed E-state index contributed by atoms with van der Waals surface area (Å²) in [5.41, 5.74) is 5.34. The molecule has 2 N–H and O–H groups in total. The molecule has 0 saturated heterocycles. The van der Waals surface area contributed by atoms with Crippen molar-refractivity contribution in [3.63, 3.8) is 0 Å². The van der Waals surface area contributed by atoms with Gasteiger partial charge in [0.25, 0.3) is 0 Å². The van der Waals surface area contributed by atoms with Crippen LogP contribution in [0, 0.1) is 11.6 Å². The molecule has 0 amide bonds. The first kappa shape index (κ1) is 10.2.